The second-order valence-electron chi connectivity index (χ2n) is 3.55. The Morgan fingerprint density at radius 3 is 2.00 bits per heavy atom. The molecule has 11 heavy (non-hydrogen) atoms. The highest BCUT2D eigenvalue weighted by atomic mass is 16.4. The van der Waals surface area contributed by atoms with Crippen molar-refractivity contribution in [2.45, 2.75) is 6.92 Å². The zero-order valence-electron chi connectivity index (χ0n) is 7.46. The van der Waals surface area contributed by atoms with Crippen LogP contribution in [0, 0.1) is 0 Å². The summed E-state index contributed by atoms with van der Waals surface area (Å²) in [7, 11) is 5.77. The summed E-state index contributed by atoms with van der Waals surface area (Å²) in [6.07, 6.45) is 0. The predicted molar refractivity (Wildman–Crippen MR) is 42.8 cm³/mol. The van der Waals surface area contributed by atoms with E-state index in [9.17, 15) is 4.79 Å². The molecule has 4 heteroatoms. The van der Waals surface area contributed by atoms with Crippen LogP contribution in [-0.2, 0) is 4.79 Å². The van der Waals surface area contributed by atoms with Crippen LogP contribution in [-0.4, -0.2) is 48.9 Å². The lowest BCUT2D eigenvalue weighted by molar-refractivity contribution is -0.860. The van der Waals surface area contributed by atoms with E-state index in [1.165, 1.54) is 6.92 Å². The largest absolute Gasteiger partial charge is 0.410 e. The van der Waals surface area contributed by atoms with Crippen molar-refractivity contribution in [2.75, 3.05) is 27.7 Å². The third-order valence-electron chi connectivity index (χ3n) is 1.15. The van der Waals surface area contributed by atoms with E-state index in [1.54, 1.807) is 0 Å². The molecule has 0 heterocycles. The Morgan fingerprint density at radius 2 is 1.91 bits per heavy atom. The van der Waals surface area contributed by atoms with E-state index in [4.69, 9.17) is 5.21 Å². The Labute approximate surface area is 66.7 Å². The van der Waals surface area contributed by atoms with Crippen molar-refractivity contribution in [2.24, 2.45) is 5.16 Å². The van der Waals surface area contributed by atoms with E-state index >= 15 is 0 Å². The molecule has 0 radical (unpaired) electrons. The summed E-state index contributed by atoms with van der Waals surface area (Å²) >= 11 is 0. The third-order valence-corrected chi connectivity index (χ3v) is 1.15. The number of Topliss-reactive ketones (excluding diaryl/α,β-unsaturated/α-hetero) is 1. The molecule has 1 N–H and O–H groups in total. The third kappa shape index (κ3) is 4.50. The average molecular weight is 159 g/mol. The Kier molecular flexibility index (Phi) is 3.19. The molecule has 0 bridgehead atoms. The second-order valence-corrected chi connectivity index (χ2v) is 3.55. The van der Waals surface area contributed by atoms with Crippen molar-refractivity contribution in [3.63, 3.8) is 0 Å². The molecular formula is C7H15N2O2+. The van der Waals surface area contributed by atoms with Gasteiger partial charge in [0.05, 0.1) is 21.1 Å². The maximum Gasteiger partial charge on any atom is 0.183 e. The molecule has 0 atom stereocenters. The van der Waals surface area contributed by atoms with E-state index in [2.05, 4.69) is 5.16 Å². The lowest BCUT2D eigenvalue weighted by Gasteiger charge is -2.22. The van der Waals surface area contributed by atoms with Gasteiger partial charge in [0.25, 0.3) is 0 Å². The van der Waals surface area contributed by atoms with Crippen LogP contribution in [0.25, 0.3) is 0 Å². The molecule has 0 amide bonds. The van der Waals surface area contributed by atoms with Crippen LogP contribution >= 0.6 is 0 Å². The molecule has 0 unspecified atom stereocenters. The number of hydrogen-bond donors (Lipinski definition) is 1. The van der Waals surface area contributed by atoms with Crippen molar-refractivity contribution in [1.29, 1.82) is 0 Å². The van der Waals surface area contributed by atoms with Gasteiger partial charge in [-0.2, -0.15) is 0 Å². The number of quaternary nitrogens is 1. The Hall–Kier alpha value is -0.900. The molecular weight excluding hydrogens is 144 g/mol. The van der Waals surface area contributed by atoms with Crippen LogP contribution < -0.4 is 0 Å². The van der Waals surface area contributed by atoms with Crippen molar-refractivity contribution in [1.82, 2.24) is 0 Å². The highest BCUT2D eigenvalue weighted by molar-refractivity contribution is 6.39. The Balaban J connectivity index is 4.24. The standard InChI is InChI=1S/C7H14N2O2/c1-6(10)7(8-11)5-9(2,3)4/h5H2,1-4H3/p+1. The van der Waals surface area contributed by atoms with Crippen molar-refractivity contribution >= 4 is 11.5 Å². The van der Waals surface area contributed by atoms with Gasteiger partial charge in [0.2, 0.25) is 0 Å². The second kappa shape index (κ2) is 3.48. The first kappa shape index (κ1) is 10.1. The molecule has 0 saturated heterocycles. The quantitative estimate of drug-likeness (QED) is 0.275. The van der Waals surface area contributed by atoms with Gasteiger partial charge in [-0.1, -0.05) is 5.16 Å². The minimum atomic E-state index is -0.180. The normalized spacial score (nSPS) is 13.3. The van der Waals surface area contributed by atoms with Crippen LogP contribution in [0.3, 0.4) is 0 Å². The highest BCUT2D eigenvalue weighted by Gasteiger charge is 2.16. The average Bonchev–Trinajstić information content (AvgIpc) is 1.80. The highest BCUT2D eigenvalue weighted by Crippen LogP contribution is 1.92. The van der Waals surface area contributed by atoms with Crippen molar-refractivity contribution in [3.8, 4) is 0 Å². The summed E-state index contributed by atoms with van der Waals surface area (Å²) in [5.74, 6) is -0.180. The molecule has 0 spiro atoms. The van der Waals surface area contributed by atoms with Crippen molar-refractivity contribution < 1.29 is 14.5 Å². The fraction of sp³-hybridized carbons (Fsp3) is 0.714. The van der Waals surface area contributed by atoms with Crippen LogP contribution in [0.4, 0.5) is 0 Å². The molecule has 4 nitrogen and oxygen atoms in total. The monoisotopic (exact) mass is 159 g/mol. The lowest BCUT2D eigenvalue weighted by atomic mass is 10.2. The molecule has 0 saturated carbocycles. The molecule has 0 aliphatic carbocycles. The summed E-state index contributed by atoms with van der Waals surface area (Å²) in [6.45, 7) is 1.84. The van der Waals surface area contributed by atoms with Gasteiger partial charge in [0, 0.05) is 6.92 Å². The minimum absolute atomic E-state index is 0.180. The van der Waals surface area contributed by atoms with Gasteiger partial charge >= 0.3 is 0 Å². The van der Waals surface area contributed by atoms with E-state index in [0.717, 1.165) is 0 Å². The lowest BCUT2D eigenvalue weighted by Crippen LogP contribution is -2.41. The molecule has 0 rings (SSSR count). The van der Waals surface area contributed by atoms with E-state index in [-0.39, 0.29) is 11.5 Å². The van der Waals surface area contributed by atoms with Gasteiger partial charge in [-0.05, 0) is 0 Å². The first-order chi connectivity index (χ1) is 4.87. The Bertz CT molecular complexity index is 179. The van der Waals surface area contributed by atoms with Gasteiger partial charge < -0.3 is 9.69 Å². The maximum atomic E-state index is 10.8. The summed E-state index contributed by atoms with van der Waals surface area (Å²) in [5.41, 5.74) is 0.220. The van der Waals surface area contributed by atoms with Gasteiger partial charge in [0.1, 0.15) is 6.54 Å². The summed E-state index contributed by atoms with van der Waals surface area (Å²) in [4.78, 5) is 10.8. The molecule has 0 fully saturated rings. The summed E-state index contributed by atoms with van der Waals surface area (Å²) < 4.78 is 0.582. The predicted octanol–water partition coefficient (Wildman–Crippen LogP) is 0.112. The van der Waals surface area contributed by atoms with E-state index in [1.807, 2.05) is 21.1 Å². The fourth-order valence-corrected chi connectivity index (χ4v) is 0.663. The minimum Gasteiger partial charge on any atom is -0.410 e. The molecule has 64 valence electrons. The van der Waals surface area contributed by atoms with E-state index < -0.39 is 0 Å². The van der Waals surface area contributed by atoms with Gasteiger partial charge in [-0.25, -0.2) is 0 Å². The van der Waals surface area contributed by atoms with Gasteiger partial charge in [-0.3, -0.25) is 4.79 Å². The topological polar surface area (TPSA) is 49.7 Å². The summed E-state index contributed by atoms with van der Waals surface area (Å²) in [5, 5.41) is 11.3. The number of hydrogen-bond acceptors (Lipinski definition) is 3. The van der Waals surface area contributed by atoms with Crippen LogP contribution in [0.5, 0.6) is 0 Å². The molecule has 0 aromatic carbocycles. The van der Waals surface area contributed by atoms with Crippen LogP contribution in [0.2, 0.25) is 0 Å². The maximum absolute atomic E-state index is 10.8. The van der Waals surface area contributed by atoms with Crippen LogP contribution in [0.1, 0.15) is 6.92 Å². The number of carbonyl (C=O) groups is 1. The number of nitrogens with zero attached hydrogens (tertiary/aromatic N) is 2. The molecule has 0 aliphatic heterocycles. The molecule has 0 aromatic heterocycles. The number of rotatable bonds is 3. The van der Waals surface area contributed by atoms with Gasteiger partial charge in [-0.15, -0.1) is 0 Å². The van der Waals surface area contributed by atoms with E-state index in [0.29, 0.717) is 11.0 Å². The zero-order chi connectivity index (χ0) is 9.07. The Morgan fingerprint density at radius 1 is 1.45 bits per heavy atom. The fourth-order valence-electron chi connectivity index (χ4n) is 0.663. The SMILES string of the molecule is CC(=O)/C(C[N+](C)(C)C)=N\O. The summed E-state index contributed by atoms with van der Waals surface area (Å²) in [6, 6.07) is 0. The molecule has 0 aliphatic rings. The first-order valence-corrected chi connectivity index (χ1v) is 3.39. The van der Waals surface area contributed by atoms with Gasteiger partial charge in [0.15, 0.2) is 11.5 Å². The smallest absolute Gasteiger partial charge is 0.183 e. The number of ketones is 1. The number of oxime groups is 1. The number of carbonyl (C=O) groups excluding carboxylic acids is 1. The molecule has 0 aromatic rings. The van der Waals surface area contributed by atoms with Crippen molar-refractivity contribution in [3.05, 3.63) is 0 Å². The first-order valence-electron chi connectivity index (χ1n) is 3.39. The zero-order valence-corrected chi connectivity index (χ0v) is 7.46. The van der Waals surface area contributed by atoms with Crippen LogP contribution in [0.15, 0.2) is 5.16 Å².